The Morgan fingerprint density at radius 2 is 2.22 bits per heavy atom. The second-order valence-electron chi connectivity index (χ2n) is 4.81. The van der Waals surface area contributed by atoms with E-state index in [2.05, 4.69) is 18.8 Å². The molecule has 0 aliphatic carbocycles. The lowest BCUT2D eigenvalue weighted by Gasteiger charge is -2.17. The van der Waals surface area contributed by atoms with Crippen molar-refractivity contribution in [1.29, 1.82) is 5.26 Å². The average Bonchev–Trinajstić information content (AvgIpc) is 2.37. The molecule has 0 radical (unpaired) electrons. The van der Waals surface area contributed by atoms with Gasteiger partial charge in [0.05, 0.1) is 5.56 Å². The Balaban J connectivity index is 2.55. The van der Waals surface area contributed by atoms with E-state index >= 15 is 0 Å². The fourth-order valence-electron chi connectivity index (χ4n) is 1.65. The van der Waals surface area contributed by atoms with Crippen molar-refractivity contribution in [2.24, 2.45) is 5.92 Å². The van der Waals surface area contributed by atoms with Crippen LogP contribution in [0.15, 0.2) is 18.3 Å². The van der Waals surface area contributed by atoms with E-state index in [1.165, 1.54) is 6.20 Å². The first-order valence-electron chi connectivity index (χ1n) is 6.16. The van der Waals surface area contributed by atoms with Gasteiger partial charge in [-0.05, 0) is 30.9 Å². The molecule has 0 aliphatic rings. The molecule has 18 heavy (non-hydrogen) atoms. The van der Waals surface area contributed by atoms with Crippen molar-refractivity contribution in [2.45, 2.75) is 26.7 Å². The molecule has 0 aromatic carbocycles. The van der Waals surface area contributed by atoms with Crippen LogP contribution in [0.4, 0.5) is 0 Å². The topological polar surface area (TPSA) is 57.0 Å². The number of hydrogen-bond donors (Lipinski definition) is 0. The van der Waals surface area contributed by atoms with Crippen molar-refractivity contribution in [3.8, 4) is 6.07 Å². The predicted octanol–water partition coefficient (Wildman–Crippen LogP) is 2.46. The summed E-state index contributed by atoms with van der Waals surface area (Å²) in [4.78, 5) is 17.6. The molecule has 4 nitrogen and oxygen atoms in total. The quantitative estimate of drug-likeness (QED) is 0.800. The van der Waals surface area contributed by atoms with Gasteiger partial charge in [-0.3, -0.25) is 4.79 Å². The van der Waals surface area contributed by atoms with Crippen LogP contribution in [0.1, 0.15) is 42.7 Å². The largest absolute Gasteiger partial charge is 0.342 e. The molecule has 1 aromatic rings. The van der Waals surface area contributed by atoms with E-state index in [1.54, 1.807) is 24.1 Å². The molecule has 0 bridgehead atoms. The summed E-state index contributed by atoms with van der Waals surface area (Å²) in [5.41, 5.74) is 0.857. The Morgan fingerprint density at radius 3 is 2.72 bits per heavy atom. The molecule has 0 fully saturated rings. The summed E-state index contributed by atoms with van der Waals surface area (Å²) in [6, 6.07) is 5.14. The van der Waals surface area contributed by atoms with Gasteiger partial charge in [0.2, 0.25) is 0 Å². The Bertz CT molecular complexity index is 431. The fraction of sp³-hybridized carbons (Fsp3) is 0.500. The Morgan fingerprint density at radius 1 is 1.50 bits per heavy atom. The maximum Gasteiger partial charge on any atom is 0.255 e. The zero-order valence-electron chi connectivity index (χ0n) is 11.2. The summed E-state index contributed by atoms with van der Waals surface area (Å²) >= 11 is 0. The zero-order chi connectivity index (χ0) is 13.5. The Labute approximate surface area is 108 Å². The molecule has 1 rings (SSSR count). The average molecular weight is 245 g/mol. The summed E-state index contributed by atoms with van der Waals surface area (Å²) in [6.45, 7) is 5.09. The molecule has 0 saturated heterocycles. The van der Waals surface area contributed by atoms with Gasteiger partial charge >= 0.3 is 0 Å². The highest BCUT2D eigenvalue weighted by atomic mass is 16.2. The maximum absolute atomic E-state index is 12.0. The molecular formula is C14H19N3O. The van der Waals surface area contributed by atoms with Gasteiger partial charge in [-0.15, -0.1) is 0 Å². The van der Waals surface area contributed by atoms with Crippen molar-refractivity contribution in [3.05, 3.63) is 29.6 Å². The van der Waals surface area contributed by atoms with Crippen LogP contribution >= 0.6 is 0 Å². The Kier molecular flexibility index (Phi) is 5.31. The Hall–Kier alpha value is -1.89. The van der Waals surface area contributed by atoms with E-state index in [0.29, 0.717) is 17.2 Å². The van der Waals surface area contributed by atoms with Crippen LogP contribution in [0, 0.1) is 17.2 Å². The van der Waals surface area contributed by atoms with Gasteiger partial charge in [0.25, 0.3) is 5.91 Å². The number of nitriles is 1. The van der Waals surface area contributed by atoms with Crippen molar-refractivity contribution in [3.63, 3.8) is 0 Å². The number of aromatic nitrogens is 1. The van der Waals surface area contributed by atoms with E-state index < -0.39 is 0 Å². The molecular weight excluding hydrogens is 226 g/mol. The first-order chi connectivity index (χ1) is 8.54. The first kappa shape index (κ1) is 14.2. The number of pyridine rings is 1. The molecule has 0 spiro atoms. The van der Waals surface area contributed by atoms with Gasteiger partial charge in [-0.1, -0.05) is 13.8 Å². The molecule has 96 valence electrons. The van der Waals surface area contributed by atoms with E-state index in [4.69, 9.17) is 5.26 Å². The smallest absolute Gasteiger partial charge is 0.255 e. The number of hydrogen-bond acceptors (Lipinski definition) is 3. The van der Waals surface area contributed by atoms with Crippen LogP contribution in [0.25, 0.3) is 0 Å². The van der Waals surface area contributed by atoms with Crippen LogP contribution in [0.2, 0.25) is 0 Å². The SMILES string of the molecule is CC(C)CCCN(C)C(=O)c1ccc(C#N)nc1. The lowest BCUT2D eigenvalue weighted by Crippen LogP contribution is -2.28. The van der Waals surface area contributed by atoms with Crippen molar-refractivity contribution in [2.75, 3.05) is 13.6 Å². The predicted molar refractivity (Wildman–Crippen MR) is 70.0 cm³/mol. The minimum absolute atomic E-state index is 0.0456. The van der Waals surface area contributed by atoms with Crippen LogP contribution in [-0.2, 0) is 0 Å². The van der Waals surface area contributed by atoms with Gasteiger partial charge in [-0.2, -0.15) is 5.26 Å². The highest BCUT2D eigenvalue weighted by Crippen LogP contribution is 2.07. The normalized spacial score (nSPS) is 10.2. The van der Waals surface area contributed by atoms with Gasteiger partial charge in [0, 0.05) is 19.8 Å². The summed E-state index contributed by atoms with van der Waals surface area (Å²) in [7, 11) is 1.79. The van der Waals surface area contributed by atoms with E-state index in [9.17, 15) is 4.79 Å². The molecule has 4 heteroatoms. The minimum atomic E-state index is -0.0456. The highest BCUT2D eigenvalue weighted by molar-refractivity contribution is 5.93. The number of nitrogens with zero attached hydrogens (tertiary/aromatic N) is 3. The zero-order valence-corrected chi connectivity index (χ0v) is 11.2. The van der Waals surface area contributed by atoms with Crippen molar-refractivity contribution >= 4 is 5.91 Å². The summed E-state index contributed by atoms with van der Waals surface area (Å²) in [5, 5.41) is 8.64. The third kappa shape index (κ3) is 4.17. The molecule has 1 heterocycles. The fourth-order valence-corrected chi connectivity index (χ4v) is 1.65. The molecule has 0 saturated carbocycles. The van der Waals surface area contributed by atoms with Gasteiger partial charge < -0.3 is 4.90 Å². The van der Waals surface area contributed by atoms with Crippen molar-refractivity contribution < 1.29 is 4.79 Å². The van der Waals surface area contributed by atoms with Crippen LogP contribution in [-0.4, -0.2) is 29.4 Å². The second-order valence-corrected chi connectivity index (χ2v) is 4.81. The second kappa shape index (κ2) is 6.75. The van der Waals surface area contributed by atoms with Gasteiger partial charge in [-0.25, -0.2) is 4.98 Å². The molecule has 0 N–H and O–H groups in total. The maximum atomic E-state index is 12.0. The number of rotatable bonds is 5. The summed E-state index contributed by atoms with van der Waals surface area (Å²) in [5.74, 6) is 0.612. The third-order valence-corrected chi connectivity index (χ3v) is 2.75. The van der Waals surface area contributed by atoms with Gasteiger partial charge in [0.15, 0.2) is 0 Å². The van der Waals surface area contributed by atoms with E-state index in [0.717, 1.165) is 19.4 Å². The van der Waals surface area contributed by atoms with E-state index in [-0.39, 0.29) is 5.91 Å². The lowest BCUT2D eigenvalue weighted by molar-refractivity contribution is 0.0791. The van der Waals surface area contributed by atoms with Gasteiger partial charge in [0.1, 0.15) is 11.8 Å². The van der Waals surface area contributed by atoms with Crippen molar-refractivity contribution in [1.82, 2.24) is 9.88 Å². The number of amides is 1. The van der Waals surface area contributed by atoms with Crippen LogP contribution in [0.5, 0.6) is 0 Å². The molecule has 1 amide bonds. The van der Waals surface area contributed by atoms with E-state index in [1.807, 2.05) is 6.07 Å². The molecule has 0 unspecified atom stereocenters. The summed E-state index contributed by atoms with van der Waals surface area (Å²) < 4.78 is 0. The third-order valence-electron chi connectivity index (χ3n) is 2.75. The number of carbonyl (C=O) groups excluding carboxylic acids is 1. The monoisotopic (exact) mass is 245 g/mol. The number of carbonyl (C=O) groups is 1. The van der Waals surface area contributed by atoms with Crippen LogP contribution in [0.3, 0.4) is 0 Å². The molecule has 0 atom stereocenters. The first-order valence-corrected chi connectivity index (χ1v) is 6.16. The lowest BCUT2D eigenvalue weighted by atomic mass is 10.1. The van der Waals surface area contributed by atoms with Crippen LogP contribution < -0.4 is 0 Å². The molecule has 0 aliphatic heterocycles. The minimum Gasteiger partial charge on any atom is -0.342 e. The standard InChI is InChI=1S/C14H19N3O/c1-11(2)5-4-8-17(3)14(18)12-6-7-13(9-15)16-10-12/h6-7,10-11H,4-5,8H2,1-3H3. The molecule has 1 aromatic heterocycles. The summed E-state index contributed by atoms with van der Waals surface area (Å²) in [6.07, 6.45) is 3.58. The highest BCUT2D eigenvalue weighted by Gasteiger charge is 2.11.